The van der Waals surface area contributed by atoms with Crippen LogP contribution in [0.3, 0.4) is 0 Å². The quantitative estimate of drug-likeness (QED) is 0.390. The van der Waals surface area contributed by atoms with Crippen LogP contribution in [-0.4, -0.2) is 51.9 Å². The molecule has 1 saturated heterocycles. The van der Waals surface area contributed by atoms with Crippen molar-refractivity contribution in [2.24, 2.45) is 11.7 Å². The van der Waals surface area contributed by atoms with Crippen molar-refractivity contribution in [3.05, 3.63) is 71.4 Å². The van der Waals surface area contributed by atoms with Crippen LogP contribution in [0, 0.1) is 11.7 Å². The van der Waals surface area contributed by atoms with Crippen LogP contribution in [-0.2, 0) is 0 Å². The first-order valence-electron chi connectivity index (χ1n) is 11.7. The minimum Gasteiger partial charge on any atom is -0.494 e. The molecule has 1 aliphatic heterocycles. The molecule has 1 amide bonds. The van der Waals surface area contributed by atoms with Crippen molar-refractivity contribution in [1.29, 1.82) is 0 Å². The number of hydrogen-bond acceptors (Lipinski definition) is 6. The van der Waals surface area contributed by atoms with Gasteiger partial charge in [0.1, 0.15) is 0 Å². The van der Waals surface area contributed by atoms with E-state index in [1.54, 1.807) is 48.9 Å². The van der Waals surface area contributed by atoms with Gasteiger partial charge in [0.2, 0.25) is 0 Å². The average molecular weight is 509 g/mol. The number of hydrogen-bond donors (Lipinski definition) is 2. The van der Waals surface area contributed by atoms with Crippen LogP contribution < -0.4 is 15.8 Å². The minimum absolute atomic E-state index is 0.0770. The Morgan fingerprint density at radius 3 is 2.72 bits per heavy atom. The number of nitrogens with zero attached hydrogens (tertiary/aromatic N) is 4. The second kappa shape index (κ2) is 10.1. The molecule has 0 aliphatic carbocycles. The Bertz CT molecular complexity index is 1420. The van der Waals surface area contributed by atoms with E-state index in [4.69, 9.17) is 22.1 Å². The molecule has 8 nitrogen and oxygen atoms in total. The van der Waals surface area contributed by atoms with Crippen molar-refractivity contribution in [2.45, 2.75) is 12.8 Å². The van der Waals surface area contributed by atoms with Gasteiger partial charge in [-0.2, -0.15) is 0 Å². The van der Waals surface area contributed by atoms with Crippen LogP contribution in [0.1, 0.15) is 23.2 Å². The van der Waals surface area contributed by atoms with Crippen molar-refractivity contribution in [3.8, 4) is 17.0 Å². The molecule has 5 rings (SSSR count). The van der Waals surface area contributed by atoms with Gasteiger partial charge in [0.05, 0.1) is 29.6 Å². The van der Waals surface area contributed by atoms with Gasteiger partial charge in [0.15, 0.2) is 23.0 Å². The number of piperidine rings is 1. The number of rotatable bonds is 6. The van der Waals surface area contributed by atoms with E-state index in [2.05, 4.69) is 15.3 Å². The van der Waals surface area contributed by atoms with Gasteiger partial charge >= 0.3 is 0 Å². The molecule has 2 aromatic carbocycles. The van der Waals surface area contributed by atoms with Crippen LogP contribution in [0.2, 0.25) is 5.02 Å². The first-order valence-corrected chi connectivity index (χ1v) is 12.1. The molecule has 10 heteroatoms. The van der Waals surface area contributed by atoms with Gasteiger partial charge < -0.3 is 20.7 Å². The second-order valence-corrected chi connectivity index (χ2v) is 9.16. The summed E-state index contributed by atoms with van der Waals surface area (Å²) in [5.41, 5.74) is 8.80. The third-order valence-corrected chi connectivity index (χ3v) is 6.89. The predicted molar refractivity (Wildman–Crippen MR) is 137 cm³/mol. The third kappa shape index (κ3) is 4.59. The summed E-state index contributed by atoms with van der Waals surface area (Å²) in [7, 11) is 1.43. The predicted octanol–water partition coefficient (Wildman–Crippen LogP) is 4.75. The zero-order valence-corrected chi connectivity index (χ0v) is 20.5. The molecular formula is C26H26ClFN6O2. The van der Waals surface area contributed by atoms with E-state index in [0.29, 0.717) is 64.5 Å². The summed E-state index contributed by atoms with van der Waals surface area (Å²) in [5.74, 6) is 0.614. The van der Waals surface area contributed by atoms with Gasteiger partial charge in [-0.15, -0.1) is 0 Å². The summed E-state index contributed by atoms with van der Waals surface area (Å²) in [6, 6.07) is 9.97. The summed E-state index contributed by atoms with van der Waals surface area (Å²) in [6.07, 6.45) is 6.86. The fraction of sp³-hybridized carbons (Fsp3) is 0.269. The highest BCUT2D eigenvalue weighted by Crippen LogP contribution is 2.30. The zero-order valence-electron chi connectivity index (χ0n) is 19.7. The van der Waals surface area contributed by atoms with E-state index in [9.17, 15) is 9.18 Å². The van der Waals surface area contributed by atoms with Crippen LogP contribution in [0.25, 0.3) is 16.9 Å². The molecule has 0 spiro atoms. The van der Waals surface area contributed by atoms with Crippen molar-refractivity contribution >= 4 is 34.7 Å². The number of amides is 1. The standard InChI is InChI=1S/C26H26ClFN6O2/c1-36-23-5-2-17(12-21(23)28)22-15-31-25-24(30-8-11-34(22)25)32-18-3-4-19(20(27)13-18)26(35)33-9-6-16(14-29)7-10-33/h2-5,8,11-13,15-16H,6-7,9-10,14,29H2,1H3,(H,30,32). The van der Waals surface area contributed by atoms with Crippen LogP contribution in [0.4, 0.5) is 15.9 Å². The first-order chi connectivity index (χ1) is 17.5. The molecule has 0 radical (unpaired) electrons. The summed E-state index contributed by atoms with van der Waals surface area (Å²) in [4.78, 5) is 23.7. The number of benzene rings is 2. The van der Waals surface area contributed by atoms with E-state index >= 15 is 0 Å². The van der Waals surface area contributed by atoms with Crippen LogP contribution in [0.15, 0.2) is 55.0 Å². The summed E-state index contributed by atoms with van der Waals surface area (Å²) >= 11 is 6.51. The van der Waals surface area contributed by atoms with Crippen molar-refractivity contribution in [3.63, 3.8) is 0 Å². The molecule has 3 heterocycles. The molecule has 0 atom stereocenters. The SMILES string of the molecule is COc1ccc(-c2cnc3c(Nc4ccc(C(=O)N5CCC(CN)CC5)c(Cl)c4)nccn23)cc1F. The highest BCUT2D eigenvalue weighted by Gasteiger charge is 2.24. The fourth-order valence-corrected chi connectivity index (χ4v) is 4.75. The smallest absolute Gasteiger partial charge is 0.255 e. The normalized spacial score (nSPS) is 14.3. The number of imidazole rings is 1. The summed E-state index contributed by atoms with van der Waals surface area (Å²) < 4.78 is 21.1. The highest BCUT2D eigenvalue weighted by molar-refractivity contribution is 6.34. The molecule has 3 N–H and O–H groups in total. The van der Waals surface area contributed by atoms with E-state index in [-0.39, 0.29) is 11.7 Å². The topological polar surface area (TPSA) is 97.8 Å². The molecule has 0 saturated carbocycles. The van der Waals surface area contributed by atoms with Crippen LogP contribution in [0.5, 0.6) is 5.75 Å². The van der Waals surface area contributed by atoms with E-state index in [0.717, 1.165) is 12.8 Å². The number of likely N-dealkylation sites (tertiary alicyclic amines) is 1. The molecule has 0 bridgehead atoms. The molecule has 1 aliphatic rings. The molecule has 1 fully saturated rings. The van der Waals surface area contributed by atoms with E-state index in [1.165, 1.54) is 13.2 Å². The lowest BCUT2D eigenvalue weighted by Crippen LogP contribution is -2.40. The largest absolute Gasteiger partial charge is 0.494 e. The number of carbonyl (C=O) groups is 1. The maximum Gasteiger partial charge on any atom is 0.255 e. The third-order valence-electron chi connectivity index (χ3n) is 6.57. The van der Waals surface area contributed by atoms with E-state index in [1.807, 2.05) is 9.30 Å². The number of fused-ring (bicyclic) bond motifs is 1. The number of nitrogens with one attached hydrogen (secondary N) is 1. The first kappa shape index (κ1) is 24.0. The van der Waals surface area contributed by atoms with Gasteiger partial charge in [0.25, 0.3) is 5.91 Å². The van der Waals surface area contributed by atoms with Gasteiger partial charge in [-0.05, 0) is 61.7 Å². The Labute approximate surface area is 212 Å². The second-order valence-electron chi connectivity index (χ2n) is 8.75. The fourth-order valence-electron chi connectivity index (χ4n) is 4.49. The number of methoxy groups -OCH3 is 1. The Balaban J connectivity index is 1.37. The Hall–Kier alpha value is -3.69. The highest BCUT2D eigenvalue weighted by atomic mass is 35.5. The van der Waals surface area contributed by atoms with Crippen molar-refractivity contribution in [2.75, 3.05) is 32.1 Å². The number of nitrogens with two attached hydrogens (primary N) is 1. The number of ether oxygens (including phenoxy) is 1. The molecule has 0 unspecified atom stereocenters. The maximum absolute atomic E-state index is 14.3. The molecular weight excluding hydrogens is 483 g/mol. The molecule has 4 aromatic rings. The van der Waals surface area contributed by atoms with Gasteiger partial charge in [-0.3, -0.25) is 9.20 Å². The summed E-state index contributed by atoms with van der Waals surface area (Å²) in [6.45, 7) is 2.02. The van der Waals surface area contributed by atoms with Gasteiger partial charge in [-0.1, -0.05) is 11.6 Å². The molecule has 36 heavy (non-hydrogen) atoms. The minimum atomic E-state index is -0.453. The lowest BCUT2D eigenvalue weighted by molar-refractivity contribution is 0.0693. The lowest BCUT2D eigenvalue weighted by atomic mass is 9.96. The summed E-state index contributed by atoms with van der Waals surface area (Å²) in [5, 5.41) is 3.59. The van der Waals surface area contributed by atoms with Gasteiger partial charge in [-0.25, -0.2) is 14.4 Å². The van der Waals surface area contributed by atoms with Crippen molar-refractivity contribution in [1.82, 2.24) is 19.3 Å². The Morgan fingerprint density at radius 2 is 2.03 bits per heavy atom. The number of halogens is 2. The number of anilines is 2. The Morgan fingerprint density at radius 1 is 1.22 bits per heavy atom. The maximum atomic E-state index is 14.3. The average Bonchev–Trinajstić information content (AvgIpc) is 3.34. The molecule has 2 aromatic heterocycles. The monoisotopic (exact) mass is 508 g/mol. The van der Waals surface area contributed by atoms with Crippen LogP contribution >= 0.6 is 11.6 Å². The molecule has 186 valence electrons. The van der Waals surface area contributed by atoms with Crippen molar-refractivity contribution < 1.29 is 13.9 Å². The number of aromatic nitrogens is 3. The number of carbonyl (C=O) groups excluding carboxylic acids is 1. The van der Waals surface area contributed by atoms with Gasteiger partial charge in [0, 0.05) is 36.7 Å². The lowest BCUT2D eigenvalue weighted by Gasteiger charge is -2.31. The Kier molecular flexibility index (Phi) is 6.75. The van der Waals surface area contributed by atoms with E-state index < -0.39 is 5.82 Å². The zero-order chi connectivity index (χ0) is 25.2.